The molecule has 0 radical (unpaired) electrons. The molecule has 0 bridgehead atoms. The number of likely N-dealkylation sites (tertiary alicyclic amines) is 2. The molecule has 0 aliphatic carbocycles. The summed E-state index contributed by atoms with van der Waals surface area (Å²) in [6, 6.07) is 1.93. The minimum Gasteiger partial charge on any atom is -0.396 e. The van der Waals surface area contributed by atoms with Gasteiger partial charge in [0.1, 0.15) is 6.33 Å². The van der Waals surface area contributed by atoms with Crippen LogP contribution in [0.5, 0.6) is 0 Å². The lowest BCUT2D eigenvalue weighted by Crippen LogP contribution is -2.62. The van der Waals surface area contributed by atoms with Crippen LogP contribution in [0.15, 0.2) is 17.2 Å². The van der Waals surface area contributed by atoms with E-state index < -0.39 is 0 Å². The van der Waals surface area contributed by atoms with Gasteiger partial charge in [0.15, 0.2) is 0 Å². The highest BCUT2D eigenvalue weighted by Gasteiger charge is 2.47. The Bertz CT molecular complexity index is 817. The predicted octanol–water partition coefficient (Wildman–Crippen LogP) is 0.476. The number of piperidine rings is 2. The van der Waals surface area contributed by atoms with E-state index in [2.05, 4.69) is 31.8 Å². The van der Waals surface area contributed by atoms with E-state index in [1.54, 1.807) is 6.07 Å². The first-order chi connectivity index (χ1) is 12.6. The molecule has 26 heavy (non-hydrogen) atoms. The minimum atomic E-state index is -0.134. The standard InChI is InChI=1S/C18H28N6O2/c1-2-6-22-8-4-15-18(11-22,12-25)5-3-7-23(15)10-14-9-16(26)24-17(21-14)19-13-20-24/h9,13,15,25H,2-8,10-12H2,1H3,(H,19,20,21)/t15-,18-/m1/s1. The van der Waals surface area contributed by atoms with Gasteiger partial charge < -0.3 is 10.0 Å². The number of aliphatic hydroxyl groups excluding tert-OH is 1. The first-order valence-electron chi connectivity index (χ1n) is 9.64. The van der Waals surface area contributed by atoms with Crippen molar-refractivity contribution >= 4 is 5.78 Å². The van der Waals surface area contributed by atoms with E-state index >= 15 is 0 Å². The molecule has 2 atom stereocenters. The van der Waals surface area contributed by atoms with E-state index in [9.17, 15) is 9.90 Å². The Labute approximate surface area is 152 Å². The van der Waals surface area contributed by atoms with Crippen LogP contribution in [0.3, 0.4) is 0 Å². The van der Waals surface area contributed by atoms with Gasteiger partial charge in [-0.1, -0.05) is 6.92 Å². The molecule has 2 saturated heterocycles. The molecule has 2 N–H and O–H groups in total. The molecular formula is C18H28N6O2. The molecule has 0 aromatic carbocycles. The molecular weight excluding hydrogens is 332 g/mol. The van der Waals surface area contributed by atoms with Crippen LogP contribution in [0.2, 0.25) is 0 Å². The number of nitrogens with one attached hydrogen (secondary N) is 1. The zero-order valence-electron chi connectivity index (χ0n) is 15.4. The third-order valence-corrected chi connectivity index (χ3v) is 6.07. The highest BCUT2D eigenvalue weighted by molar-refractivity contribution is 5.26. The summed E-state index contributed by atoms with van der Waals surface area (Å²) in [5.41, 5.74) is 0.564. The van der Waals surface area contributed by atoms with Crippen molar-refractivity contribution in [3.8, 4) is 0 Å². The van der Waals surface area contributed by atoms with E-state index in [0.717, 1.165) is 57.6 Å². The number of aliphatic hydroxyl groups is 1. The number of nitrogens with zero attached hydrogens (tertiary/aromatic N) is 5. The van der Waals surface area contributed by atoms with Gasteiger partial charge in [0.25, 0.3) is 11.3 Å². The van der Waals surface area contributed by atoms with E-state index in [1.165, 1.54) is 10.8 Å². The molecule has 4 rings (SSSR count). The summed E-state index contributed by atoms with van der Waals surface area (Å²) in [7, 11) is 0. The number of H-pyrrole nitrogens is 1. The fourth-order valence-electron chi connectivity index (χ4n) is 4.93. The molecule has 0 amide bonds. The van der Waals surface area contributed by atoms with Gasteiger partial charge in [0.05, 0.1) is 12.3 Å². The largest absolute Gasteiger partial charge is 0.396 e. The van der Waals surface area contributed by atoms with Crippen LogP contribution in [0, 0.1) is 5.41 Å². The third-order valence-electron chi connectivity index (χ3n) is 6.07. The lowest BCUT2D eigenvalue weighted by atomic mass is 9.69. The Morgan fingerprint density at radius 3 is 3.12 bits per heavy atom. The summed E-state index contributed by atoms with van der Waals surface area (Å²) in [4.78, 5) is 25.8. The van der Waals surface area contributed by atoms with E-state index in [1.807, 2.05) is 0 Å². The van der Waals surface area contributed by atoms with Gasteiger partial charge in [0.2, 0.25) is 0 Å². The van der Waals surface area contributed by atoms with Crippen LogP contribution in [-0.2, 0) is 6.54 Å². The maximum atomic E-state index is 12.2. The van der Waals surface area contributed by atoms with Crippen LogP contribution in [0.1, 0.15) is 38.3 Å². The monoisotopic (exact) mass is 360 g/mol. The average molecular weight is 360 g/mol. The quantitative estimate of drug-likeness (QED) is 0.806. The molecule has 2 aromatic heterocycles. The summed E-state index contributed by atoms with van der Waals surface area (Å²) in [5.74, 6) is 0.413. The Morgan fingerprint density at radius 1 is 1.42 bits per heavy atom. The molecule has 0 unspecified atom stereocenters. The van der Waals surface area contributed by atoms with Crippen molar-refractivity contribution in [3.05, 3.63) is 28.4 Å². The molecule has 0 spiro atoms. The highest BCUT2D eigenvalue weighted by Crippen LogP contribution is 2.41. The van der Waals surface area contributed by atoms with Gasteiger partial charge in [-0.25, -0.2) is 9.97 Å². The second kappa shape index (κ2) is 7.09. The molecule has 2 fully saturated rings. The molecule has 4 heterocycles. The van der Waals surface area contributed by atoms with Gasteiger partial charge in [0, 0.05) is 30.6 Å². The molecule has 0 saturated carbocycles. The van der Waals surface area contributed by atoms with Crippen molar-refractivity contribution in [1.29, 1.82) is 0 Å². The van der Waals surface area contributed by atoms with E-state index in [0.29, 0.717) is 18.4 Å². The molecule has 8 heteroatoms. The van der Waals surface area contributed by atoms with Crippen molar-refractivity contribution < 1.29 is 5.11 Å². The second-order valence-electron chi connectivity index (χ2n) is 7.78. The normalized spacial score (nSPS) is 27.7. The summed E-state index contributed by atoms with van der Waals surface area (Å²) < 4.78 is 1.35. The second-order valence-corrected chi connectivity index (χ2v) is 7.78. The lowest BCUT2D eigenvalue weighted by Gasteiger charge is -2.54. The van der Waals surface area contributed by atoms with E-state index in [4.69, 9.17) is 0 Å². The van der Waals surface area contributed by atoms with Crippen molar-refractivity contribution in [2.45, 2.75) is 45.2 Å². The fourth-order valence-corrected chi connectivity index (χ4v) is 4.93. The zero-order valence-corrected chi connectivity index (χ0v) is 15.4. The molecule has 2 aliphatic heterocycles. The predicted molar refractivity (Wildman–Crippen MR) is 97.9 cm³/mol. The Balaban J connectivity index is 1.57. The van der Waals surface area contributed by atoms with Crippen molar-refractivity contribution in [2.75, 3.05) is 32.8 Å². The smallest absolute Gasteiger partial charge is 0.274 e. The van der Waals surface area contributed by atoms with Gasteiger partial charge >= 0.3 is 0 Å². The highest BCUT2D eigenvalue weighted by atomic mass is 16.3. The Morgan fingerprint density at radius 2 is 2.31 bits per heavy atom. The number of fused-ring (bicyclic) bond motifs is 2. The molecule has 2 aromatic rings. The fraction of sp³-hybridized carbons (Fsp3) is 0.722. The SMILES string of the molecule is CCCN1CC[C@H]2N(Cc3cc(=O)n4[nH]cnc4n3)CCC[C@]2(CO)C1. The van der Waals surface area contributed by atoms with Gasteiger partial charge in [-0.15, -0.1) is 0 Å². The number of aromatic amines is 1. The van der Waals surface area contributed by atoms with Crippen LogP contribution >= 0.6 is 0 Å². The van der Waals surface area contributed by atoms with Gasteiger partial charge in [-0.3, -0.25) is 14.8 Å². The lowest BCUT2D eigenvalue weighted by molar-refractivity contribution is -0.0816. The van der Waals surface area contributed by atoms with Crippen molar-refractivity contribution in [2.24, 2.45) is 5.41 Å². The van der Waals surface area contributed by atoms with Crippen LogP contribution < -0.4 is 5.56 Å². The number of hydrogen-bond donors (Lipinski definition) is 2. The van der Waals surface area contributed by atoms with Gasteiger partial charge in [-0.05, 0) is 45.3 Å². The maximum Gasteiger partial charge on any atom is 0.274 e. The maximum absolute atomic E-state index is 12.2. The number of hydrogen-bond acceptors (Lipinski definition) is 6. The van der Waals surface area contributed by atoms with Crippen LogP contribution in [0.4, 0.5) is 0 Å². The van der Waals surface area contributed by atoms with Crippen molar-refractivity contribution in [1.82, 2.24) is 29.4 Å². The molecule has 8 nitrogen and oxygen atoms in total. The summed E-state index contributed by atoms with van der Waals surface area (Å²) >= 11 is 0. The van der Waals surface area contributed by atoms with Crippen LogP contribution in [-0.4, -0.2) is 73.3 Å². The molecule has 142 valence electrons. The van der Waals surface area contributed by atoms with E-state index in [-0.39, 0.29) is 17.6 Å². The van der Waals surface area contributed by atoms with Crippen LogP contribution in [0.25, 0.3) is 5.78 Å². The summed E-state index contributed by atoms with van der Waals surface area (Å²) in [6.07, 6.45) is 5.83. The first-order valence-corrected chi connectivity index (χ1v) is 9.64. The average Bonchev–Trinajstić information content (AvgIpc) is 3.11. The Hall–Kier alpha value is -1.77. The molecule has 2 aliphatic rings. The zero-order chi connectivity index (χ0) is 18.1. The Kier molecular flexibility index (Phi) is 4.81. The summed E-state index contributed by atoms with van der Waals surface area (Å²) in [6.45, 7) is 7.20. The minimum absolute atomic E-state index is 0.0584. The van der Waals surface area contributed by atoms with Crippen molar-refractivity contribution in [3.63, 3.8) is 0 Å². The number of aromatic nitrogens is 4. The number of rotatable bonds is 5. The first kappa shape index (κ1) is 17.6. The third kappa shape index (κ3) is 3.06. The van der Waals surface area contributed by atoms with Gasteiger partial charge in [-0.2, -0.15) is 4.52 Å². The topological polar surface area (TPSA) is 89.8 Å². The summed E-state index contributed by atoms with van der Waals surface area (Å²) in [5, 5.41) is 13.0.